The molecular formula is C14H16N2. The molecule has 4 rings (SSSR count). The summed E-state index contributed by atoms with van der Waals surface area (Å²) < 4.78 is 0. The summed E-state index contributed by atoms with van der Waals surface area (Å²) in [6.45, 7) is 0. The number of aromatic nitrogens is 1. The first-order valence-corrected chi connectivity index (χ1v) is 6.11. The van der Waals surface area contributed by atoms with Crippen LogP contribution in [0.25, 0.3) is 0 Å². The first-order chi connectivity index (χ1) is 7.79. The van der Waals surface area contributed by atoms with Gasteiger partial charge in [-0.15, -0.1) is 0 Å². The van der Waals surface area contributed by atoms with Gasteiger partial charge in [-0.2, -0.15) is 5.26 Å². The Morgan fingerprint density at radius 1 is 1.12 bits per heavy atom. The molecule has 0 N–H and O–H groups in total. The molecule has 0 aromatic carbocycles. The van der Waals surface area contributed by atoms with Gasteiger partial charge in [-0.1, -0.05) is 6.07 Å². The summed E-state index contributed by atoms with van der Waals surface area (Å²) in [7, 11) is 0. The Hall–Kier alpha value is -1.36. The van der Waals surface area contributed by atoms with Crippen molar-refractivity contribution in [3.05, 3.63) is 30.1 Å². The molecule has 3 saturated carbocycles. The minimum Gasteiger partial charge on any atom is -0.264 e. The van der Waals surface area contributed by atoms with E-state index in [0.717, 1.165) is 19.3 Å². The summed E-state index contributed by atoms with van der Waals surface area (Å²) in [5.41, 5.74) is 1.75. The van der Waals surface area contributed by atoms with Crippen LogP contribution in [0.1, 0.15) is 44.1 Å². The Bertz CT molecular complexity index is 405. The zero-order chi connectivity index (χ0) is 11.1. The molecule has 2 heteroatoms. The van der Waals surface area contributed by atoms with Crippen LogP contribution in [0.5, 0.6) is 0 Å². The van der Waals surface area contributed by atoms with Gasteiger partial charge < -0.3 is 0 Å². The molecule has 2 bridgehead atoms. The highest BCUT2D eigenvalue weighted by atomic mass is 14.6. The Kier molecular flexibility index (Phi) is 2.04. The molecule has 1 heterocycles. The number of nitrogens with zero attached hydrogens (tertiary/aromatic N) is 2. The first-order valence-electron chi connectivity index (χ1n) is 6.11. The Balaban J connectivity index is 1.92. The van der Waals surface area contributed by atoms with Gasteiger partial charge in [-0.25, -0.2) is 0 Å². The molecular weight excluding hydrogens is 196 g/mol. The van der Waals surface area contributed by atoms with E-state index in [9.17, 15) is 5.26 Å². The van der Waals surface area contributed by atoms with Crippen molar-refractivity contribution in [2.24, 2.45) is 5.41 Å². The van der Waals surface area contributed by atoms with Crippen molar-refractivity contribution in [2.75, 3.05) is 0 Å². The largest absolute Gasteiger partial charge is 0.264 e. The number of hydrogen-bond donors (Lipinski definition) is 0. The van der Waals surface area contributed by atoms with Crippen LogP contribution in [0.2, 0.25) is 0 Å². The molecule has 0 atom stereocenters. The van der Waals surface area contributed by atoms with Crippen molar-refractivity contribution in [2.45, 2.75) is 43.9 Å². The molecule has 0 amide bonds. The van der Waals surface area contributed by atoms with E-state index in [4.69, 9.17) is 0 Å². The Morgan fingerprint density at radius 2 is 1.81 bits per heavy atom. The summed E-state index contributed by atoms with van der Waals surface area (Å²) in [5, 5.41) is 9.26. The lowest BCUT2D eigenvalue weighted by molar-refractivity contribution is 0.0847. The van der Waals surface area contributed by atoms with Gasteiger partial charge in [0.1, 0.15) is 0 Å². The van der Waals surface area contributed by atoms with E-state index in [1.54, 1.807) is 0 Å². The number of nitriles is 1. The van der Waals surface area contributed by atoms with Crippen molar-refractivity contribution in [1.29, 1.82) is 5.26 Å². The summed E-state index contributed by atoms with van der Waals surface area (Å²) >= 11 is 0. The molecule has 16 heavy (non-hydrogen) atoms. The van der Waals surface area contributed by atoms with E-state index >= 15 is 0 Å². The Morgan fingerprint density at radius 3 is 2.31 bits per heavy atom. The fraction of sp³-hybridized carbons (Fsp3) is 0.571. The third-order valence-corrected chi connectivity index (χ3v) is 4.76. The maximum atomic E-state index is 9.26. The summed E-state index contributed by atoms with van der Waals surface area (Å²) in [5.74, 6) is 0. The molecule has 2 nitrogen and oxygen atoms in total. The van der Waals surface area contributed by atoms with Gasteiger partial charge in [0.05, 0.1) is 11.5 Å². The number of hydrogen-bond acceptors (Lipinski definition) is 2. The van der Waals surface area contributed by atoms with Crippen LogP contribution >= 0.6 is 0 Å². The first kappa shape index (κ1) is 9.84. The quantitative estimate of drug-likeness (QED) is 0.716. The van der Waals surface area contributed by atoms with Crippen LogP contribution in [0, 0.1) is 16.7 Å². The van der Waals surface area contributed by atoms with Crippen LogP contribution in [0.4, 0.5) is 0 Å². The second-order valence-electron chi connectivity index (χ2n) is 5.41. The van der Waals surface area contributed by atoms with Crippen LogP contribution in [-0.2, 0) is 5.41 Å². The molecule has 0 radical (unpaired) electrons. The van der Waals surface area contributed by atoms with E-state index in [-0.39, 0.29) is 5.41 Å². The lowest BCUT2D eigenvalue weighted by Gasteiger charge is -2.50. The van der Waals surface area contributed by atoms with E-state index < -0.39 is 0 Å². The van der Waals surface area contributed by atoms with Crippen LogP contribution in [0.3, 0.4) is 0 Å². The minimum atomic E-state index is 0.0178. The van der Waals surface area contributed by atoms with Gasteiger partial charge in [-0.05, 0) is 55.6 Å². The standard InChI is InChI=1S/C14H16N2/c15-11-13-3-6-14(7-4-13,8-5-13)12-2-1-9-16-10-12/h1-2,9-10H,3-8H2. The molecule has 3 fully saturated rings. The maximum absolute atomic E-state index is 9.26. The fourth-order valence-electron chi connectivity index (χ4n) is 3.46. The second-order valence-corrected chi connectivity index (χ2v) is 5.41. The molecule has 1 aromatic heterocycles. The van der Waals surface area contributed by atoms with Gasteiger partial charge in [0.15, 0.2) is 0 Å². The molecule has 1 aromatic rings. The highest BCUT2D eigenvalue weighted by Crippen LogP contribution is 2.57. The van der Waals surface area contributed by atoms with E-state index in [0.29, 0.717) is 5.41 Å². The third kappa shape index (κ3) is 1.28. The summed E-state index contributed by atoms with van der Waals surface area (Å²) in [4.78, 5) is 4.24. The molecule has 3 aliphatic carbocycles. The summed E-state index contributed by atoms with van der Waals surface area (Å²) in [6.07, 6.45) is 10.6. The number of fused-ring (bicyclic) bond motifs is 3. The molecule has 0 saturated heterocycles. The zero-order valence-corrected chi connectivity index (χ0v) is 9.45. The van der Waals surface area contributed by atoms with Gasteiger partial charge in [0.2, 0.25) is 0 Å². The van der Waals surface area contributed by atoms with Crippen molar-refractivity contribution < 1.29 is 0 Å². The topological polar surface area (TPSA) is 36.7 Å². The van der Waals surface area contributed by atoms with Crippen molar-refractivity contribution in [1.82, 2.24) is 4.98 Å². The predicted octanol–water partition coefficient (Wildman–Crippen LogP) is 3.20. The lowest BCUT2D eigenvalue weighted by Crippen LogP contribution is -2.43. The van der Waals surface area contributed by atoms with Crippen molar-refractivity contribution in [3.8, 4) is 6.07 Å². The molecule has 0 aliphatic heterocycles. The van der Waals surface area contributed by atoms with Gasteiger partial charge >= 0.3 is 0 Å². The highest BCUT2D eigenvalue weighted by molar-refractivity contribution is 5.27. The van der Waals surface area contributed by atoms with Crippen LogP contribution in [0.15, 0.2) is 24.5 Å². The number of rotatable bonds is 1. The van der Waals surface area contributed by atoms with E-state index in [1.165, 1.54) is 24.8 Å². The monoisotopic (exact) mass is 212 g/mol. The second kappa shape index (κ2) is 3.31. The smallest absolute Gasteiger partial charge is 0.0689 e. The molecule has 3 aliphatic rings. The fourth-order valence-corrected chi connectivity index (χ4v) is 3.46. The SMILES string of the molecule is N#CC12CCC(c3cccnc3)(CC1)CC2. The summed E-state index contributed by atoms with van der Waals surface area (Å²) in [6, 6.07) is 6.80. The average Bonchev–Trinajstić information content (AvgIpc) is 2.42. The lowest BCUT2D eigenvalue weighted by atomic mass is 9.52. The van der Waals surface area contributed by atoms with Gasteiger partial charge in [0.25, 0.3) is 0 Å². The van der Waals surface area contributed by atoms with Crippen molar-refractivity contribution >= 4 is 0 Å². The highest BCUT2D eigenvalue weighted by Gasteiger charge is 2.49. The molecule has 82 valence electrons. The van der Waals surface area contributed by atoms with Crippen LogP contribution in [-0.4, -0.2) is 4.98 Å². The Labute approximate surface area is 96.3 Å². The molecule has 0 unspecified atom stereocenters. The normalized spacial score (nSPS) is 36.9. The zero-order valence-electron chi connectivity index (χ0n) is 9.45. The predicted molar refractivity (Wildman–Crippen MR) is 61.7 cm³/mol. The van der Waals surface area contributed by atoms with Crippen LogP contribution < -0.4 is 0 Å². The average molecular weight is 212 g/mol. The number of pyridine rings is 1. The molecule has 0 spiro atoms. The minimum absolute atomic E-state index is 0.0178. The van der Waals surface area contributed by atoms with Gasteiger partial charge in [0, 0.05) is 12.4 Å². The van der Waals surface area contributed by atoms with E-state index in [2.05, 4.69) is 17.1 Å². The van der Waals surface area contributed by atoms with E-state index in [1.807, 2.05) is 18.5 Å². The third-order valence-electron chi connectivity index (χ3n) is 4.76. The van der Waals surface area contributed by atoms with Gasteiger partial charge in [-0.3, -0.25) is 4.98 Å². The van der Waals surface area contributed by atoms with Crippen molar-refractivity contribution in [3.63, 3.8) is 0 Å². The maximum Gasteiger partial charge on any atom is 0.0689 e.